The highest BCUT2D eigenvalue weighted by Gasteiger charge is 2.30. The molecular weight excluding hydrogens is 231 g/mol. The fourth-order valence-corrected chi connectivity index (χ4v) is 1.17. The van der Waals surface area contributed by atoms with Crippen LogP contribution >= 0.6 is 0 Å². The van der Waals surface area contributed by atoms with Crippen molar-refractivity contribution in [3.05, 3.63) is 35.4 Å². The van der Waals surface area contributed by atoms with Gasteiger partial charge < -0.3 is 4.74 Å². The summed E-state index contributed by atoms with van der Waals surface area (Å²) in [5, 5.41) is 0. The number of alkyl halides is 3. The summed E-state index contributed by atoms with van der Waals surface area (Å²) in [4.78, 5) is 3.73. The zero-order valence-corrected chi connectivity index (χ0v) is 10.3. The summed E-state index contributed by atoms with van der Waals surface area (Å²) in [7, 11) is 2.82. The predicted octanol–water partition coefficient (Wildman–Crippen LogP) is 3.75. The van der Waals surface area contributed by atoms with E-state index in [1.165, 1.54) is 26.3 Å². The Hall–Kier alpha value is -1.52. The van der Waals surface area contributed by atoms with E-state index in [-0.39, 0.29) is 5.90 Å². The smallest absolute Gasteiger partial charge is 0.416 e. The second-order valence-corrected chi connectivity index (χ2v) is 2.81. The van der Waals surface area contributed by atoms with Crippen LogP contribution in [-0.2, 0) is 10.9 Å². The van der Waals surface area contributed by atoms with Crippen molar-refractivity contribution in [1.29, 1.82) is 0 Å². The van der Waals surface area contributed by atoms with Crippen LogP contribution in [0.3, 0.4) is 0 Å². The summed E-state index contributed by atoms with van der Waals surface area (Å²) in [6.45, 7) is 4.00. The van der Waals surface area contributed by atoms with Gasteiger partial charge in [0.05, 0.1) is 12.7 Å². The maximum Gasteiger partial charge on any atom is 0.416 e. The van der Waals surface area contributed by atoms with E-state index in [0.717, 1.165) is 12.1 Å². The summed E-state index contributed by atoms with van der Waals surface area (Å²) < 4.78 is 41.9. The number of nitrogens with zero attached hydrogens (tertiary/aromatic N) is 1. The van der Waals surface area contributed by atoms with Gasteiger partial charge in [-0.1, -0.05) is 19.9 Å². The van der Waals surface area contributed by atoms with Gasteiger partial charge in [-0.05, 0) is 18.2 Å². The first-order valence-electron chi connectivity index (χ1n) is 5.17. The molecule has 1 aromatic rings. The Balaban J connectivity index is 0.00000121. The van der Waals surface area contributed by atoms with Crippen molar-refractivity contribution >= 4 is 5.90 Å². The van der Waals surface area contributed by atoms with E-state index in [0.29, 0.717) is 5.56 Å². The van der Waals surface area contributed by atoms with Gasteiger partial charge in [0.15, 0.2) is 0 Å². The van der Waals surface area contributed by atoms with Gasteiger partial charge in [-0.3, -0.25) is 4.99 Å². The molecule has 0 aliphatic heterocycles. The number of benzene rings is 1. The molecule has 0 radical (unpaired) electrons. The van der Waals surface area contributed by atoms with Gasteiger partial charge in [0, 0.05) is 12.6 Å². The number of halogens is 3. The molecule has 0 atom stereocenters. The number of aliphatic imine (C=N–C) groups is 1. The molecule has 0 fully saturated rings. The van der Waals surface area contributed by atoms with E-state index in [1.54, 1.807) is 0 Å². The summed E-state index contributed by atoms with van der Waals surface area (Å²) in [5.74, 6) is 0.182. The first-order valence-corrected chi connectivity index (χ1v) is 5.17. The molecule has 0 heterocycles. The minimum Gasteiger partial charge on any atom is -0.481 e. The first kappa shape index (κ1) is 15.5. The lowest BCUT2D eigenvalue weighted by Gasteiger charge is -2.09. The van der Waals surface area contributed by atoms with Gasteiger partial charge >= 0.3 is 6.18 Å². The minimum absolute atomic E-state index is 0.182. The highest BCUT2D eigenvalue weighted by atomic mass is 19.4. The zero-order chi connectivity index (χ0) is 13.5. The molecule has 0 spiro atoms. The third-order valence-corrected chi connectivity index (χ3v) is 1.83. The molecule has 0 N–H and O–H groups in total. The molecule has 0 aromatic heterocycles. The van der Waals surface area contributed by atoms with Crippen LogP contribution in [-0.4, -0.2) is 20.1 Å². The molecule has 96 valence electrons. The van der Waals surface area contributed by atoms with E-state index in [9.17, 15) is 13.2 Å². The Labute approximate surface area is 99.1 Å². The van der Waals surface area contributed by atoms with E-state index >= 15 is 0 Å². The van der Waals surface area contributed by atoms with Gasteiger partial charge in [0.2, 0.25) is 5.90 Å². The van der Waals surface area contributed by atoms with Gasteiger partial charge in [-0.15, -0.1) is 0 Å². The Bertz CT molecular complexity index is 372. The van der Waals surface area contributed by atoms with Crippen molar-refractivity contribution < 1.29 is 17.9 Å². The number of hydrogen-bond donors (Lipinski definition) is 0. The lowest BCUT2D eigenvalue weighted by molar-refractivity contribution is -0.137. The summed E-state index contributed by atoms with van der Waals surface area (Å²) in [6, 6.07) is 4.85. The van der Waals surface area contributed by atoms with Crippen LogP contribution in [0.15, 0.2) is 29.3 Å². The van der Waals surface area contributed by atoms with Crippen molar-refractivity contribution in [2.45, 2.75) is 20.0 Å². The molecule has 1 rings (SSSR count). The molecule has 0 bridgehead atoms. The SMILES string of the molecule is CC.CN=C(OC)c1cccc(C(F)(F)F)c1. The first-order chi connectivity index (χ1) is 7.99. The van der Waals surface area contributed by atoms with Crippen molar-refractivity contribution in [2.24, 2.45) is 4.99 Å². The third kappa shape index (κ3) is 4.46. The molecule has 2 nitrogen and oxygen atoms in total. The average Bonchev–Trinajstić information content (AvgIpc) is 2.33. The van der Waals surface area contributed by atoms with E-state index < -0.39 is 11.7 Å². The number of ether oxygens (including phenoxy) is 1. The Morgan fingerprint density at radius 1 is 1.24 bits per heavy atom. The second kappa shape index (κ2) is 6.93. The van der Waals surface area contributed by atoms with Crippen molar-refractivity contribution in [3.63, 3.8) is 0 Å². The van der Waals surface area contributed by atoms with Crippen LogP contribution in [0.5, 0.6) is 0 Å². The molecule has 0 saturated heterocycles. The number of hydrogen-bond acceptors (Lipinski definition) is 2. The third-order valence-electron chi connectivity index (χ3n) is 1.83. The van der Waals surface area contributed by atoms with E-state index in [1.807, 2.05) is 13.8 Å². The molecular formula is C12H16F3NO. The van der Waals surface area contributed by atoms with Crippen LogP contribution in [0.4, 0.5) is 13.2 Å². The maximum absolute atomic E-state index is 12.4. The van der Waals surface area contributed by atoms with Crippen LogP contribution in [0.2, 0.25) is 0 Å². The monoisotopic (exact) mass is 247 g/mol. The van der Waals surface area contributed by atoms with Crippen molar-refractivity contribution in [3.8, 4) is 0 Å². The summed E-state index contributed by atoms with van der Waals surface area (Å²) >= 11 is 0. The van der Waals surface area contributed by atoms with Gasteiger partial charge in [-0.25, -0.2) is 0 Å². The highest BCUT2D eigenvalue weighted by Crippen LogP contribution is 2.29. The van der Waals surface area contributed by atoms with Crippen LogP contribution < -0.4 is 0 Å². The molecule has 0 amide bonds. The molecule has 0 saturated carbocycles. The lowest BCUT2D eigenvalue weighted by atomic mass is 10.1. The van der Waals surface area contributed by atoms with Gasteiger partial charge in [0.25, 0.3) is 0 Å². The molecule has 0 aliphatic rings. The zero-order valence-electron chi connectivity index (χ0n) is 10.3. The molecule has 1 aromatic carbocycles. The fourth-order valence-electron chi connectivity index (χ4n) is 1.17. The maximum atomic E-state index is 12.4. The standard InChI is InChI=1S/C10H10F3NO.C2H6/c1-14-9(15-2)7-4-3-5-8(6-7)10(11,12)13;1-2/h3-6H,1-2H3;1-2H3. The molecule has 5 heteroatoms. The molecule has 0 aliphatic carbocycles. The Morgan fingerprint density at radius 2 is 1.82 bits per heavy atom. The van der Waals surface area contributed by atoms with Crippen molar-refractivity contribution in [2.75, 3.05) is 14.2 Å². The van der Waals surface area contributed by atoms with Crippen LogP contribution in [0.1, 0.15) is 25.0 Å². The van der Waals surface area contributed by atoms with Crippen LogP contribution in [0, 0.1) is 0 Å². The topological polar surface area (TPSA) is 21.6 Å². The second-order valence-electron chi connectivity index (χ2n) is 2.81. The number of methoxy groups -OCH3 is 1. The van der Waals surface area contributed by atoms with Gasteiger partial charge in [0.1, 0.15) is 0 Å². The highest BCUT2D eigenvalue weighted by molar-refractivity contribution is 5.94. The Kier molecular flexibility index (Phi) is 6.31. The quantitative estimate of drug-likeness (QED) is 0.547. The minimum atomic E-state index is -4.34. The predicted molar refractivity (Wildman–Crippen MR) is 62.3 cm³/mol. The summed E-state index contributed by atoms with van der Waals surface area (Å²) in [6.07, 6.45) is -4.34. The fraction of sp³-hybridized carbons (Fsp3) is 0.417. The normalized spacial score (nSPS) is 11.6. The van der Waals surface area contributed by atoms with E-state index in [4.69, 9.17) is 4.74 Å². The molecule has 17 heavy (non-hydrogen) atoms. The van der Waals surface area contributed by atoms with Crippen LogP contribution in [0.25, 0.3) is 0 Å². The lowest BCUT2D eigenvalue weighted by Crippen LogP contribution is -2.08. The van der Waals surface area contributed by atoms with E-state index in [2.05, 4.69) is 4.99 Å². The number of rotatable bonds is 1. The van der Waals surface area contributed by atoms with Gasteiger partial charge in [-0.2, -0.15) is 13.2 Å². The summed E-state index contributed by atoms with van der Waals surface area (Å²) in [5.41, 5.74) is -0.395. The largest absolute Gasteiger partial charge is 0.481 e. The van der Waals surface area contributed by atoms with Crippen molar-refractivity contribution in [1.82, 2.24) is 0 Å². The Morgan fingerprint density at radius 3 is 2.24 bits per heavy atom. The average molecular weight is 247 g/mol. The molecule has 0 unspecified atom stereocenters.